The number of ether oxygens (including phenoxy) is 3. The molecule has 0 aromatic heterocycles. The minimum Gasteiger partial charge on any atom is -0.420 e. The van der Waals surface area contributed by atoms with Gasteiger partial charge in [-0.05, 0) is 0 Å². The van der Waals surface area contributed by atoms with Crippen molar-refractivity contribution in [2.75, 3.05) is 7.11 Å². The molecule has 0 spiro atoms. The predicted molar refractivity (Wildman–Crippen MR) is 42.4 cm³/mol. The fourth-order valence-electron chi connectivity index (χ4n) is 0.736. The van der Waals surface area contributed by atoms with E-state index < -0.39 is 22.3 Å². The van der Waals surface area contributed by atoms with Gasteiger partial charge >= 0.3 is 6.16 Å². The molecule has 1 rings (SSSR count). The normalized spacial score (nSPS) is 29.8. The zero-order chi connectivity index (χ0) is 9.35. The van der Waals surface area contributed by atoms with Crippen LogP contribution in [0.5, 0.6) is 0 Å². The molecular formula is C5H5Cl3O4. The van der Waals surface area contributed by atoms with Crippen molar-refractivity contribution in [2.45, 2.75) is 16.2 Å². The monoisotopic (exact) mass is 234 g/mol. The fourth-order valence-corrected chi connectivity index (χ4v) is 1.18. The van der Waals surface area contributed by atoms with Gasteiger partial charge in [0.2, 0.25) is 16.2 Å². The Morgan fingerprint density at radius 3 is 2.33 bits per heavy atom. The van der Waals surface area contributed by atoms with Crippen LogP contribution in [0.3, 0.4) is 0 Å². The molecule has 1 fully saturated rings. The molecule has 7 heteroatoms. The lowest BCUT2D eigenvalue weighted by Crippen LogP contribution is -2.36. The molecule has 0 saturated carbocycles. The van der Waals surface area contributed by atoms with Gasteiger partial charge < -0.3 is 14.2 Å². The second kappa shape index (κ2) is 3.46. The third-order valence-corrected chi connectivity index (χ3v) is 1.88. The minimum absolute atomic E-state index is 0.904. The Morgan fingerprint density at radius 2 is 2.00 bits per heavy atom. The molecular weight excluding hydrogens is 230 g/mol. The standard InChI is InChI=1S/C5H5Cl3O4/c1-10-3-2(5(6,7)8)11-4(9)12-3/h2-3H,1H3/t2-,3-/m1/s1. The summed E-state index contributed by atoms with van der Waals surface area (Å²) >= 11 is 16.4. The van der Waals surface area contributed by atoms with E-state index in [0.717, 1.165) is 0 Å². The summed E-state index contributed by atoms with van der Waals surface area (Å²) in [5.74, 6) is 0. The van der Waals surface area contributed by atoms with E-state index in [1.54, 1.807) is 0 Å². The SMILES string of the molecule is CO[C@@H]1OC(=O)O[C@H]1C(Cl)(Cl)Cl. The van der Waals surface area contributed by atoms with Gasteiger partial charge in [0.1, 0.15) is 0 Å². The van der Waals surface area contributed by atoms with Crippen LogP contribution in [0.2, 0.25) is 0 Å². The lowest BCUT2D eigenvalue weighted by Gasteiger charge is -2.19. The average molecular weight is 235 g/mol. The van der Waals surface area contributed by atoms with Crippen molar-refractivity contribution >= 4 is 41.0 Å². The first-order valence-electron chi connectivity index (χ1n) is 2.92. The Hall–Kier alpha value is 0.1000. The van der Waals surface area contributed by atoms with Gasteiger partial charge in [-0.25, -0.2) is 4.79 Å². The van der Waals surface area contributed by atoms with Crippen molar-refractivity contribution in [3.05, 3.63) is 0 Å². The first-order chi connectivity index (χ1) is 5.45. The maximum atomic E-state index is 10.6. The largest absolute Gasteiger partial charge is 0.511 e. The maximum absolute atomic E-state index is 10.6. The molecule has 1 saturated heterocycles. The van der Waals surface area contributed by atoms with Gasteiger partial charge in [-0.15, -0.1) is 0 Å². The summed E-state index contributed by atoms with van der Waals surface area (Å²) in [6, 6.07) is 0. The van der Waals surface area contributed by atoms with Gasteiger partial charge in [-0.2, -0.15) is 0 Å². The van der Waals surface area contributed by atoms with E-state index in [9.17, 15) is 4.79 Å². The van der Waals surface area contributed by atoms with Crippen molar-refractivity contribution in [3.8, 4) is 0 Å². The molecule has 0 bridgehead atoms. The molecule has 0 aliphatic carbocycles. The Balaban J connectivity index is 2.70. The number of cyclic esters (lactones) is 2. The average Bonchev–Trinajstić information content (AvgIpc) is 2.29. The summed E-state index contributed by atoms with van der Waals surface area (Å²) in [5, 5.41) is 0. The summed E-state index contributed by atoms with van der Waals surface area (Å²) in [6.07, 6.45) is -2.90. The number of rotatable bonds is 1. The van der Waals surface area contributed by atoms with Crippen molar-refractivity contribution in [1.82, 2.24) is 0 Å². The molecule has 1 heterocycles. The number of hydrogen-bond donors (Lipinski definition) is 0. The van der Waals surface area contributed by atoms with Crippen molar-refractivity contribution in [1.29, 1.82) is 0 Å². The van der Waals surface area contributed by atoms with E-state index in [2.05, 4.69) is 9.47 Å². The number of methoxy groups -OCH3 is 1. The van der Waals surface area contributed by atoms with Gasteiger partial charge in [0.05, 0.1) is 0 Å². The highest BCUT2D eigenvalue weighted by molar-refractivity contribution is 6.68. The highest BCUT2D eigenvalue weighted by Gasteiger charge is 2.49. The van der Waals surface area contributed by atoms with Crippen LogP contribution >= 0.6 is 34.8 Å². The Bertz CT molecular complexity index is 190. The van der Waals surface area contributed by atoms with E-state index in [4.69, 9.17) is 39.5 Å². The first kappa shape index (κ1) is 10.2. The Kier molecular flexibility index (Phi) is 2.93. The quantitative estimate of drug-likeness (QED) is 0.514. The van der Waals surface area contributed by atoms with E-state index in [1.165, 1.54) is 7.11 Å². The third-order valence-electron chi connectivity index (χ3n) is 1.24. The molecule has 1 aliphatic rings. The smallest absolute Gasteiger partial charge is 0.420 e. The molecule has 4 nitrogen and oxygen atoms in total. The van der Waals surface area contributed by atoms with Crippen LogP contribution in [0, 0.1) is 0 Å². The molecule has 0 aromatic carbocycles. The van der Waals surface area contributed by atoms with E-state index >= 15 is 0 Å². The second-order valence-corrected chi connectivity index (χ2v) is 4.42. The Labute approximate surface area is 83.6 Å². The predicted octanol–water partition coefficient (Wildman–Crippen LogP) is 1.86. The van der Waals surface area contributed by atoms with Crippen LogP contribution in [-0.2, 0) is 14.2 Å². The van der Waals surface area contributed by atoms with E-state index in [0.29, 0.717) is 0 Å². The molecule has 0 aromatic rings. The first-order valence-corrected chi connectivity index (χ1v) is 4.05. The van der Waals surface area contributed by atoms with E-state index in [1.807, 2.05) is 0 Å². The van der Waals surface area contributed by atoms with Crippen molar-refractivity contribution in [2.24, 2.45) is 0 Å². The van der Waals surface area contributed by atoms with Crippen LogP contribution in [0.1, 0.15) is 0 Å². The molecule has 1 aliphatic heterocycles. The van der Waals surface area contributed by atoms with Gasteiger partial charge in [0.25, 0.3) is 0 Å². The lowest BCUT2D eigenvalue weighted by molar-refractivity contribution is -0.0754. The van der Waals surface area contributed by atoms with Gasteiger partial charge in [-0.3, -0.25) is 0 Å². The maximum Gasteiger partial charge on any atom is 0.511 e. The molecule has 12 heavy (non-hydrogen) atoms. The summed E-state index contributed by atoms with van der Waals surface area (Å²) in [5.41, 5.74) is 0. The molecule has 0 radical (unpaired) electrons. The van der Waals surface area contributed by atoms with Crippen LogP contribution in [0.25, 0.3) is 0 Å². The van der Waals surface area contributed by atoms with Crippen LogP contribution in [0.4, 0.5) is 4.79 Å². The zero-order valence-corrected chi connectivity index (χ0v) is 8.19. The molecule has 0 unspecified atom stereocenters. The van der Waals surface area contributed by atoms with Gasteiger partial charge in [0, 0.05) is 7.11 Å². The van der Waals surface area contributed by atoms with Crippen LogP contribution in [0.15, 0.2) is 0 Å². The topological polar surface area (TPSA) is 44.8 Å². The van der Waals surface area contributed by atoms with Crippen LogP contribution < -0.4 is 0 Å². The lowest BCUT2D eigenvalue weighted by atomic mass is 10.4. The summed E-state index contributed by atoms with van der Waals surface area (Å²) in [4.78, 5) is 10.6. The van der Waals surface area contributed by atoms with Gasteiger partial charge in [0.15, 0.2) is 0 Å². The fraction of sp³-hybridized carbons (Fsp3) is 0.800. The zero-order valence-electron chi connectivity index (χ0n) is 5.92. The molecule has 2 atom stereocenters. The van der Waals surface area contributed by atoms with Crippen molar-refractivity contribution in [3.63, 3.8) is 0 Å². The van der Waals surface area contributed by atoms with Crippen molar-refractivity contribution < 1.29 is 19.0 Å². The number of alkyl halides is 3. The molecule has 0 N–H and O–H groups in total. The Morgan fingerprint density at radius 1 is 1.42 bits per heavy atom. The number of halogens is 3. The molecule has 70 valence electrons. The summed E-state index contributed by atoms with van der Waals surface area (Å²) < 4.78 is 12.0. The highest BCUT2D eigenvalue weighted by atomic mass is 35.6. The highest BCUT2D eigenvalue weighted by Crippen LogP contribution is 2.37. The number of carbonyl (C=O) groups is 1. The van der Waals surface area contributed by atoms with E-state index in [-0.39, 0.29) is 0 Å². The minimum atomic E-state index is -1.74. The third kappa shape index (κ3) is 2.07. The number of hydrogen-bond acceptors (Lipinski definition) is 4. The van der Waals surface area contributed by atoms with Gasteiger partial charge in [-0.1, -0.05) is 34.8 Å². The summed E-state index contributed by atoms with van der Waals surface area (Å²) in [6.45, 7) is 0. The van der Waals surface area contributed by atoms with Crippen LogP contribution in [-0.4, -0.2) is 29.5 Å². The number of carbonyl (C=O) groups excluding carboxylic acids is 1. The summed E-state index contributed by atoms with van der Waals surface area (Å²) in [7, 11) is 1.32. The second-order valence-electron chi connectivity index (χ2n) is 2.05. The molecule has 0 amide bonds.